The molecule has 0 radical (unpaired) electrons. The van der Waals surface area contributed by atoms with Crippen LogP contribution in [-0.4, -0.2) is 27.5 Å². The number of aromatic nitrogens is 2. The topological polar surface area (TPSA) is 90.2 Å². The first kappa shape index (κ1) is 13.5. The summed E-state index contributed by atoms with van der Waals surface area (Å²) in [6, 6.07) is 0.247. The fourth-order valence-corrected chi connectivity index (χ4v) is 2.32. The van der Waals surface area contributed by atoms with Gasteiger partial charge in [-0.25, -0.2) is 4.98 Å². The summed E-state index contributed by atoms with van der Waals surface area (Å²) in [5.74, 6) is 0.288. The van der Waals surface area contributed by atoms with Gasteiger partial charge in [0.05, 0.1) is 11.5 Å². The second-order valence-corrected chi connectivity index (χ2v) is 4.55. The third-order valence-electron chi connectivity index (χ3n) is 3.20. The highest BCUT2D eigenvalue weighted by molar-refractivity contribution is 5.61. The average molecular weight is 266 g/mol. The van der Waals surface area contributed by atoms with E-state index in [0.29, 0.717) is 6.61 Å². The normalized spacial score (nSPS) is 16.1. The minimum absolute atomic E-state index is 0.0285. The van der Waals surface area contributed by atoms with Crippen molar-refractivity contribution in [3.05, 3.63) is 16.4 Å². The summed E-state index contributed by atoms with van der Waals surface area (Å²) in [7, 11) is 0. The summed E-state index contributed by atoms with van der Waals surface area (Å²) in [4.78, 5) is 18.5. The molecular weight excluding hydrogens is 248 g/mol. The quantitative estimate of drug-likeness (QED) is 0.650. The molecule has 0 aromatic carbocycles. The third kappa shape index (κ3) is 3.30. The van der Waals surface area contributed by atoms with Gasteiger partial charge in [0.1, 0.15) is 6.33 Å². The van der Waals surface area contributed by atoms with Gasteiger partial charge in [0.25, 0.3) is 5.88 Å². The Kier molecular flexibility index (Phi) is 4.48. The first-order chi connectivity index (χ1) is 9.22. The van der Waals surface area contributed by atoms with Gasteiger partial charge in [0.15, 0.2) is 0 Å². The van der Waals surface area contributed by atoms with E-state index in [-0.39, 0.29) is 23.4 Å². The van der Waals surface area contributed by atoms with Crippen LogP contribution in [0.1, 0.15) is 39.0 Å². The molecule has 1 aromatic heterocycles. The monoisotopic (exact) mass is 266 g/mol. The van der Waals surface area contributed by atoms with Crippen LogP contribution >= 0.6 is 0 Å². The summed E-state index contributed by atoms with van der Waals surface area (Å²) in [6.45, 7) is 2.10. The lowest BCUT2D eigenvalue weighted by Gasteiger charge is -2.23. The highest BCUT2D eigenvalue weighted by atomic mass is 16.6. The standard InChI is InChI=1S/C12H18N4O3/c1-2-19-12-10(16(17)18)11(13-8-14-12)15-9-6-4-3-5-7-9/h8-9H,2-7H2,1H3,(H,13,14,15). The van der Waals surface area contributed by atoms with E-state index in [9.17, 15) is 10.1 Å². The van der Waals surface area contributed by atoms with E-state index in [4.69, 9.17) is 4.74 Å². The number of nitrogens with zero attached hydrogens (tertiary/aromatic N) is 3. The van der Waals surface area contributed by atoms with Gasteiger partial charge < -0.3 is 10.1 Å². The van der Waals surface area contributed by atoms with Crippen molar-refractivity contribution in [1.29, 1.82) is 0 Å². The number of nitrogens with one attached hydrogen (secondary N) is 1. The van der Waals surface area contributed by atoms with Crippen LogP contribution in [0, 0.1) is 10.1 Å². The highest BCUT2D eigenvalue weighted by Gasteiger charge is 2.26. The average Bonchev–Trinajstić information content (AvgIpc) is 2.40. The Bertz CT molecular complexity index is 447. The van der Waals surface area contributed by atoms with Crippen LogP contribution in [0.5, 0.6) is 5.88 Å². The van der Waals surface area contributed by atoms with Gasteiger partial charge in [-0.3, -0.25) is 10.1 Å². The molecule has 7 heteroatoms. The highest BCUT2D eigenvalue weighted by Crippen LogP contribution is 2.32. The van der Waals surface area contributed by atoms with Gasteiger partial charge in [-0.1, -0.05) is 19.3 Å². The molecule has 104 valence electrons. The Labute approximate surface area is 111 Å². The Morgan fingerprint density at radius 3 is 2.79 bits per heavy atom. The molecule has 1 aliphatic carbocycles. The lowest BCUT2D eigenvalue weighted by atomic mass is 9.95. The van der Waals surface area contributed by atoms with Crippen LogP contribution in [0.25, 0.3) is 0 Å². The van der Waals surface area contributed by atoms with Crippen LogP contribution in [0.15, 0.2) is 6.33 Å². The maximum atomic E-state index is 11.2. The summed E-state index contributed by atoms with van der Waals surface area (Å²) in [5.41, 5.74) is -0.171. The van der Waals surface area contributed by atoms with Crippen LogP contribution in [0.2, 0.25) is 0 Å². The van der Waals surface area contributed by atoms with Gasteiger partial charge in [-0.2, -0.15) is 4.98 Å². The van der Waals surface area contributed by atoms with Crippen molar-refractivity contribution < 1.29 is 9.66 Å². The molecular formula is C12H18N4O3. The zero-order valence-electron chi connectivity index (χ0n) is 11.0. The minimum Gasteiger partial charge on any atom is -0.473 e. The summed E-state index contributed by atoms with van der Waals surface area (Å²) < 4.78 is 5.20. The zero-order chi connectivity index (χ0) is 13.7. The van der Waals surface area contributed by atoms with Gasteiger partial charge in [0.2, 0.25) is 5.82 Å². The smallest absolute Gasteiger partial charge is 0.372 e. The maximum Gasteiger partial charge on any atom is 0.372 e. The molecule has 19 heavy (non-hydrogen) atoms. The van der Waals surface area contributed by atoms with Crippen molar-refractivity contribution in [3.63, 3.8) is 0 Å². The predicted octanol–water partition coefficient (Wildman–Crippen LogP) is 2.53. The molecule has 0 amide bonds. The second kappa shape index (κ2) is 6.31. The largest absolute Gasteiger partial charge is 0.473 e. The number of anilines is 1. The SMILES string of the molecule is CCOc1ncnc(NC2CCCCC2)c1[N+](=O)[O-]. The Hall–Kier alpha value is -1.92. The fraction of sp³-hybridized carbons (Fsp3) is 0.667. The molecule has 1 aliphatic rings. The Morgan fingerprint density at radius 2 is 2.16 bits per heavy atom. The first-order valence-electron chi connectivity index (χ1n) is 6.61. The molecule has 0 bridgehead atoms. The van der Waals surface area contributed by atoms with E-state index in [1.807, 2.05) is 0 Å². The number of nitro groups is 1. The Balaban J connectivity index is 2.22. The van der Waals surface area contributed by atoms with E-state index >= 15 is 0 Å². The zero-order valence-corrected chi connectivity index (χ0v) is 11.0. The lowest BCUT2D eigenvalue weighted by Crippen LogP contribution is -2.23. The molecule has 1 heterocycles. The molecule has 1 saturated carbocycles. The van der Waals surface area contributed by atoms with Crippen LogP contribution in [0.4, 0.5) is 11.5 Å². The molecule has 1 aromatic rings. The maximum absolute atomic E-state index is 11.2. The van der Waals surface area contributed by atoms with Gasteiger partial charge in [0, 0.05) is 6.04 Å². The molecule has 0 unspecified atom stereocenters. The van der Waals surface area contributed by atoms with Crippen molar-refractivity contribution in [2.24, 2.45) is 0 Å². The van der Waals surface area contributed by atoms with Gasteiger partial charge in [-0.15, -0.1) is 0 Å². The molecule has 1 N–H and O–H groups in total. The molecule has 1 fully saturated rings. The van der Waals surface area contributed by atoms with E-state index in [0.717, 1.165) is 25.7 Å². The van der Waals surface area contributed by atoms with Crippen molar-refractivity contribution in [2.75, 3.05) is 11.9 Å². The molecule has 0 atom stereocenters. The number of rotatable bonds is 5. The number of hydrogen-bond acceptors (Lipinski definition) is 6. The molecule has 0 spiro atoms. The second-order valence-electron chi connectivity index (χ2n) is 4.55. The van der Waals surface area contributed by atoms with Gasteiger partial charge in [-0.05, 0) is 19.8 Å². The lowest BCUT2D eigenvalue weighted by molar-refractivity contribution is -0.385. The van der Waals surface area contributed by atoms with Crippen molar-refractivity contribution >= 4 is 11.5 Å². The third-order valence-corrected chi connectivity index (χ3v) is 3.20. The molecule has 0 aliphatic heterocycles. The molecule has 7 nitrogen and oxygen atoms in total. The van der Waals surface area contributed by atoms with Crippen LogP contribution < -0.4 is 10.1 Å². The van der Waals surface area contributed by atoms with Crippen LogP contribution in [-0.2, 0) is 0 Å². The predicted molar refractivity (Wildman–Crippen MR) is 70.4 cm³/mol. The summed E-state index contributed by atoms with van der Waals surface area (Å²) in [5, 5.41) is 14.3. The summed E-state index contributed by atoms with van der Waals surface area (Å²) >= 11 is 0. The Morgan fingerprint density at radius 1 is 1.42 bits per heavy atom. The van der Waals surface area contributed by atoms with E-state index in [2.05, 4.69) is 15.3 Å². The van der Waals surface area contributed by atoms with Crippen molar-refractivity contribution in [2.45, 2.75) is 45.1 Å². The van der Waals surface area contributed by atoms with Crippen molar-refractivity contribution in [1.82, 2.24) is 9.97 Å². The van der Waals surface area contributed by atoms with Crippen LogP contribution in [0.3, 0.4) is 0 Å². The van der Waals surface area contributed by atoms with Crippen molar-refractivity contribution in [3.8, 4) is 5.88 Å². The van der Waals surface area contributed by atoms with E-state index in [1.165, 1.54) is 12.7 Å². The van der Waals surface area contributed by atoms with E-state index in [1.54, 1.807) is 6.92 Å². The van der Waals surface area contributed by atoms with E-state index < -0.39 is 4.92 Å². The molecule has 2 rings (SSSR count). The first-order valence-corrected chi connectivity index (χ1v) is 6.61. The molecule has 0 saturated heterocycles. The number of ether oxygens (including phenoxy) is 1. The van der Waals surface area contributed by atoms with Gasteiger partial charge >= 0.3 is 5.69 Å². The summed E-state index contributed by atoms with van der Waals surface area (Å²) in [6.07, 6.45) is 6.86. The minimum atomic E-state index is -0.490. The number of hydrogen-bond donors (Lipinski definition) is 1. The fourth-order valence-electron chi connectivity index (χ4n) is 2.32.